The summed E-state index contributed by atoms with van der Waals surface area (Å²) in [5, 5.41) is 0. The second kappa shape index (κ2) is 10.0. The standard InChI is InChI=1S/C9H18OS/c10-8-6-4-2-1-3-5-7-9-11/h8,11H,1-7,9H2. The van der Waals surface area contributed by atoms with Gasteiger partial charge in [0.1, 0.15) is 6.29 Å². The number of rotatable bonds is 8. The normalized spacial score (nSPS) is 9.91. The van der Waals surface area contributed by atoms with Crippen molar-refractivity contribution in [3.05, 3.63) is 0 Å². The van der Waals surface area contributed by atoms with Crippen LogP contribution in [-0.2, 0) is 4.79 Å². The smallest absolute Gasteiger partial charge is 0.119 e. The lowest BCUT2D eigenvalue weighted by Crippen LogP contribution is -1.81. The van der Waals surface area contributed by atoms with Crippen LogP contribution in [0, 0.1) is 0 Å². The zero-order valence-corrected chi connectivity index (χ0v) is 7.98. The van der Waals surface area contributed by atoms with Crippen LogP contribution in [0.4, 0.5) is 0 Å². The number of carbonyl (C=O) groups is 1. The first-order chi connectivity index (χ1) is 5.41. The topological polar surface area (TPSA) is 17.1 Å². The van der Waals surface area contributed by atoms with Gasteiger partial charge < -0.3 is 4.79 Å². The maximum atomic E-state index is 9.93. The molecule has 0 spiro atoms. The molecule has 66 valence electrons. The van der Waals surface area contributed by atoms with E-state index in [4.69, 9.17) is 0 Å². The van der Waals surface area contributed by atoms with Crippen LogP contribution >= 0.6 is 12.6 Å². The molecule has 1 nitrogen and oxygen atoms in total. The molecule has 0 aromatic heterocycles. The van der Waals surface area contributed by atoms with E-state index in [9.17, 15) is 4.79 Å². The first-order valence-electron chi connectivity index (χ1n) is 4.46. The van der Waals surface area contributed by atoms with Crippen molar-refractivity contribution in [2.24, 2.45) is 0 Å². The highest BCUT2D eigenvalue weighted by atomic mass is 32.1. The predicted molar refractivity (Wildman–Crippen MR) is 52.2 cm³/mol. The molecule has 0 aliphatic heterocycles. The lowest BCUT2D eigenvalue weighted by molar-refractivity contribution is -0.107. The number of thiol groups is 1. The number of aldehydes is 1. The van der Waals surface area contributed by atoms with Crippen LogP contribution in [0.2, 0.25) is 0 Å². The minimum absolute atomic E-state index is 0.743. The largest absolute Gasteiger partial charge is 0.303 e. The summed E-state index contributed by atoms with van der Waals surface area (Å²) < 4.78 is 0. The Morgan fingerprint density at radius 2 is 1.45 bits per heavy atom. The van der Waals surface area contributed by atoms with E-state index < -0.39 is 0 Å². The summed E-state index contributed by atoms with van der Waals surface area (Å²) in [4.78, 5) is 9.93. The number of hydrogen-bond donors (Lipinski definition) is 1. The van der Waals surface area contributed by atoms with Crippen molar-refractivity contribution >= 4 is 18.9 Å². The fourth-order valence-electron chi connectivity index (χ4n) is 1.05. The number of unbranched alkanes of at least 4 members (excludes halogenated alkanes) is 6. The average molecular weight is 174 g/mol. The zero-order chi connectivity index (χ0) is 8.36. The molecule has 0 heterocycles. The molecule has 0 amide bonds. The van der Waals surface area contributed by atoms with E-state index in [0.29, 0.717) is 0 Å². The lowest BCUT2D eigenvalue weighted by atomic mass is 10.1. The summed E-state index contributed by atoms with van der Waals surface area (Å²) in [5.74, 6) is 1.01. The molecule has 0 N–H and O–H groups in total. The molecule has 0 fully saturated rings. The molecule has 0 bridgehead atoms. The van der Waals surface area contributed by atoms with Crippen molar-refractivity contribution in [1.82, 2.24) is 0 Å². The van der Waals surface area contributed by atoms with Gasteiger partial charge in [-0.1, -0.05) is 25.7 Å². The Morgan fingerprint density at radius 1 is 0.909 bits per heavy atom. The summed E-state index contributed by atoms with van der Waals surface area (Å²) in [6.07, 6.45) is 9.15. The maximum absolute atomic E-state index is 9.93. The van der Waals surface area contributed by atoms with Crippen LogP contribution in [0.1, 0.15) is 44.9 Å². The Balaban J connectivity index is 2.74. The minimum Gasteiger partial charge on any atom is -0.303 e. The van der Waals surface area contributed by atoms with Gasteiger partial charge in [0.05, 0.1) is 0 Å². The predicted octanol–water partition coefficient (Wildman–Crippen LogP) is 2.85. The molecular weight excluding hydrogens is 156 g/mol. The highest BCUT2D eigenvalue weighted by Crippen LogP contribution is 2.06. The second-order valence-electron chi connectivity index (χ2n) is 2.80. The Bertz CT molecular complexity index is 83.6. The van der Waals surface area contributed by atoms with E-state index in [1.165, 1.54) is 32.1 Å². The highest BCUT2D eigenvalue weighted by molar-refractivity contribution is 7.80. The summed E-state index contributed by atoms with van der Waals surface area (Å²) >= 11 is 4.13. The molecule has 0 unspecified atom stereocenters. The Labute approximate surface area is 75.0 Å². The fraction of sp³-hybridized carbons (Fsp3) is 0.889. The second-order valence-corrected chi connectivity index (χ2v) is 3.25. The maximum Gasteiger partial charge on any atom is 0.119 e. The van der Waals surface area contributed by atoms with Gasteiger partial charge in [0.2, 0.25) is 0 Å². The van der Waals surface area contributed by atoms with Crippen molar-refractivity contribution in [3.63, 3.8) is 0 Å². The van der Waals surface area contributed by atoms with Gasteiger partial charge in [0.15, 0.2) is 0 Å². The van der Waals surface area contributed by atoms with Crippen LogP contribution in [0.3, 0.4) is 0 Å². The Hall–Kier alpha value is 0.0200. The molecule has 0 saturated heterocycles. The van der Waals surface area contributed by atoms with Crippen LogP contribution < -0.4 is 0 Å². The van der Waals surface area contributed by atoms with Crippen molar-refractivity contribution in [3.8, 4) is 0 Å². The molecule has 0 saturated carbocycles. The first kappa shape index (κ1) is 11.0. The first-order valence-corrected chi connectivity index (χ1v) is 5.09. The van der Waals surface area contributed by atoms with Gasteiger partial charge in [-0.25, -0.2) is 0 Å². The van der Waals surface area contributed by atoms with Gasteiger partial charge in [0, 0.05) is 6.42 Å². The third kappa shape index (κ3) is 10.0. The third-order valence-corrected chi connectivity index (χ3v) is 2.05. The van der Waals surface area contributed by atoms with Gasteiger partial charge in [-0.2, -0.15) is 12.6 Å². The van der Waals surface area contributed by atoms with Crippen LogP contribution in [0.25, 0.3) is 0 Å². The molecule has 0 atom stereocenters. The summed E-state index contributed by atoms with van der Waals surface area (Å²) in [6, 6.07) is 0. The summed E-state index contributed by atoms with van der Waals surface area (Å²) in [7, 11) is 0. The summed E-state index contributed by atoms with van der Waals surface area (Å²) in [6.45, 7) is 0. The van der Waals surface area contributed by atoms with E-state index >= 15 is 0 Å². The van der Waals surface area contributed by atoms with Gasteiger partial charge in [-0.3, -0.25) is 0 Å². The quantitative estimate of drug-likeness (QED) is 0.340. The minimum atomic E-state index is 0.743. The number of hydrogen-bond acceptors (Lipinski definition) is 2. The molecule has 2 heteroatoms. The van der Waals surface area contributed by atoms with E-state index in [1.54, 1.807) is 0 Å². The van der Waals surface area contributed by atoms with Gasteiger partial charge >= 0.3 is 0 Å². The van der Waals surface area contributed by atoms with Crippen LogP contribution in [-0.4, -0.2) is 12.0 Å². The third-order valence-electron chi connectivity index (χ3n) is 1.73. The van der Waals surface area contributed by atoms with Gasteiger partial charge in [-0.15, -0.1) is 0 Å². The monoisotopic (exact) mass is 174 g/mol. The molecule has 0 aliphatic carbocycles. The SMILES string of the molecule is O=CCCCCCCCCS. The molecular formula is C9H18OS. The molecule has 11 heavy (non-hydrogen) atoms. The van der Waals surface area contributed by atoms with Crippen molar-refractivity contribution < 1.29 is 4.79 Å². The number of carbonyl (C=O) groups excluding carboxylic acids is 1. The average Bonchev–Trinajstić information content (AvgIpc) is 2.03. The molecule has 0 aromatic carbocycles. The molecule has 0 aromatic rings. The van der Waals surface area contributed by atoms with Crippen LogP contribution in [0.5, 0.6) is 0 Å². The van der Waals surface area contributed by atoms with Gasteiger partial charge in [-0.05, 0) is 18.6 Å². The van der Waals surface area contributed by atoms with E-state index in [-0.39, 0.29) is 0 Å². The van der Waals surface area contributed by atoms with E-state index in [1.807, 2.05) is 0 Å². The molecule has 0 rings (SSSR count). The Kier molecular flexibility index (Phi) is 10.0. The van der Waals surface area contributed by atoms with E-state index in [0.717, 1.165) is 24.9 Å². The highest BCUT2D eigenvalue weighted by Gasteiger charge is 1.89. The lowest BCUT2D eigenvalue weighted by Gasteiger charge is -1.97. The van der Waals surface area contributed by atoms with E-state index in [2.05, 4.69) is 12.6 Å². The van der Waals surface area contributed by atoms with Crippen LogP contribution in [0.15, 0.2) is 0 Å². The molecule has 0 radical (unpaired) electrons. The van der Waals surface area contributed by atoms with Crippen molar-refractivity contribution in [2.45, 2.75) is 44.9 Å². The summed E-state index contributed by atoms with van der Waals surface area (Å²) in [5.41, 5.74) is 0. The van der Waals surface area contributed by atoms with Gasteiger partial charge in [0.25, 0.3) is 0 Å². The van der Waals surface area contributed by atoms with Crippen molar-refractivity contribution in [1.29, 1.82) is 0 Å². The van der Waals surface area contributed by atoms with Crippen molar-refractivity contribution in [2.75, 3.05) is 5.75 Å². The molecule has 0 aliphatic rings. The Morgan fingerprint density at radius 3 is 2.00 bits per heavy atom. The fourth-order valence-corrected chi connectivity index (χ4v) is 1.27. The zero-order valence-electron chi connectivity index (χ0n) is 7.09.